The summed E-state index contributed by atoms with van der Waals surface area (Å²) in [5, 5.41) is 3.31. The summed E-state index contributed by atoms with van der Waals surface area (Å²) in [7, 11) is 0. The molecule has 19 heavy (non-hydrogen) atoms. The van der Waals surface area contributed by atoms with Gasteiger partial charge in [-0.2, -0.15) is 0 Å². The van der Waals surface area contributed by atoms with Crippen molar-refractivity contribution in [3.8, 4) is 0 Å². The van der Waals surface area contributed by atoms with Crippen molar-refractivity contribution in [1.82, 2.24) is 4.90 Å². The minimum atomic E-state index is 0.190. The Kier molecular flexibility index (Phi) is 4.46. The Morgan fingerprint density at radius 1 is 1.42 bits per heavy atom. The van der Waals surface area contributed by atoms with Crippen molar-refractivity contribution in [2.75, 3.05) is 18.4 Å². The number of benzene rings is 1. The number of carbonyl (C=O) groups is 1. The molecule has 104 valence electrons. The number of nitrogens with zero attached hydrogens (tertiary/aromatic N) is 1. The highest BCUT2D eigenvalue weighted by molar-refractivity contribution is 5.95. The van der Waals surface area contributed by atoms with Crippen LogP contribution in [0.4, 0.5) is 5.69 Å². The second-order valence-corrected chi connectivity index (χ2v) is 5.26. The van der Waals surface area contributed by atoms with Crippen molar-refractivity contribution in [3.05, 3.63) is 29.3 Å². The fraction of sp³-hybridized carbons (Fsp3) is 0.562. The zero-order valence-corrected chi connectivity index (χ0v) is 12.2. The first-order valence-electron chi connectivity index (χ1n) is 7.32. The highest BCUT2D eigenvalue weighted by Crippen LogP contribution is 2.24. The van der Waals surface area contributed by atoms with Gasteiger partial charge < -0.3 is 10.2 Å². The van der Waals surface area contributed by atoms with Gasteiger partial charge in [-0.25, -0.2) is 0 Å². The number of carbonyl (C=O) groups excluding carboxylic acids is 1. The maximum Gasteiger partial charge on any atom is 0.254 e. The Balaban J connectivity index is 2.17. The molecule has 3 heteroatoms. The van der Waals surface area contributed by atoms with Gasteiger partial charge in [-0.05, 0) is 56.9 Å². The van der Waals surface area contributed by atoms with Crippen LogP contribution < -0.4 is 5.32 Å². The van der Waals surface area contributed by atoms with Gasteiger partial charge in [0.2, 0.25) is 0 Å². The molecule has 0 aromatic heterocycles. The fourth-order valence-corrected chi connectivity index (χ4v) is 2.88. The molecule has 1 aliphatic heterocycles. The van der Waals surface area contributed by atoms with Crippen LogP contribution in [-0.4, -0.2) is 29.9 Å². The number of nitrogens with one attached hydrogen (secondary N) is 1. The van der Waals surface area contributed by atoms with Crippen LogP contribution in [0.5, 0.6) is 0 Å². The first kappa shape index (κ1) is 13.9. The third-order valence-electron chi connectivity index (χ3n) is 3.95. The number of likely N-dealkylation sites (tertiary alicyclic amines) is 1. The molecule has 1 atom stereocenters. The molecular formula is C16H24N2O. The maximum atomic E-state index is 12.5. The Labute approximate surface area is 116 Å². The summed E-state index contributed by atoms with van der Waals surface area (Å²) in [6, 6.07) is 6.40. The molecule has 2 rings (SSSR count). The molecule has 0 bridgehead atoms. The van der Waals surface area contributed by atoms with Gasteiger partial charge in [-0.1, -0.05) is 6.92 Å². The van der Waals surface area contributed by atoms with E-state index in [-0.39, 0.29) is 5.91 Å². The summed E-state index contributed by atoms with van der Waals surface area (Å²) in [5.41, 5.74) is 3.08. The molecular weight excluding hydrogens is 236 g/mol. The van der Waals surface area contributed by atoms with Crippen molar-refractivity contribution < 1.29 is 4.79 Å². The number of aryl methyl sites for hydroxylation is 1. The summed E-state index contributed by atoms with van der Waals surface area (Å²) in [4.78, 5) is 14.6. The monoisotopic (exact) mass is 260 g/mol. The van der Waals surface area contributed by atoms with Crippen molar-refractivity contribution in [2.45, 2.75) is 46.1 Å². The van der Waals surface area contributed by atoms with E-state index >= 15 is 0 Å². The average Bonchev–Trinajstić information content (AvgIpc) is 2.88. The van der Waals surface area contributed by atoms with Gasteiger partial charge in [0.05, 0.1) is 0 Å². The van der Waals surface area contributed by atoms with E-state index in [0.717, 1.165) is 49.2 Å². The van der Waals surface area contributed by atoms with E-state index in [1.807, 2.05) is 23.1 Å². The number of rotatable bonds is 4. The Hall–Kier alpha value is -1.51. The zero-order chi connectivity index (χ0) is 13.8. The lowest BCUT2D eigenvalue weighted by atomic mass is 10.1. The summed E-state index contributed by atoms with van der Waals surface area (Å²) < 4.78 is 0. The standard InChI is InChI=1S/C16H24N2O/c1-4-14-7-6-10-18(14)16(19)13-8-9-15(17-5-2)12(3)11-13/h8-9,11,14,17H,4-7,10H2,1-3H3. The molecule has 1 aromatic carbocycles. The van der Waals surface area contributed by atoms with Gasteiger partial charge in [0.15, 0.2) is 0 Å². The van der Waals surface area contributed by atoms with E-state index < -0.39 is 0 Å². The van der Waals surface area contributed by atoms with E-state index in [9.17, 15) is 4.79 Å². The van der Waals surface area contributed by atoms with E-state index in [4.69, 9.17) is 0 Å². The van der Waals surface area contributed by atoms with Crippen molar-refractivity contribution in [3.63, 3.8) is 0 Å². The lowest BCUT2D eigenvalue weighted by molar-refractivity contribution is 0.0733. The smallest absolute Gasteiger partial charge is 0.254 e. The molecule has 1 heterocycles. The van der Waals surface area contributed by atoms with Crippen LogP contribution in [0, 0.1) is 6.92 Å². The fourth-order valence-electron chi connectivity index (χ4n) is 2.88. The number of hydrogen-bond acceptors (Lipinski definition) is 2. The molecule has 1 saturated heterocycles. The van der Waals surface area contributed by atoms with Gasteiger partial charge in [-0.15, -0.1) is 0 Å². The maximum absolute atomic E-state index is 12.5. The van der Waals surface area contributed by atoms with Gasteiger partial charge in [0.1, 0.15) is 0 Å². The normalized spacial score (nSPS) is 18.7. The molecule has 1 N–H and O–H groups in total. The van der Waals surface area contributed by atoms with Gasteiger partial charge in [-0.3, -0.25) is 4.79 Å². The minimum Gasteiger partial charge on any atom is -0.385 e. The van der Waals surface area contributed by atoms with Crippen molar-refractivity contribution in [1.29, 1.82) is 0 Å². The first-order valence-corrected chi connectivity index (χ1v) is 7.32. The number of amides is 1. The van der Waals surface area contributed by atoms with Crippen molar-refractivity contribution >= 4 is 11.6 Å². The molecule has 1 unspecified atom stereocenters. The molecule has 0 spiro atoms. The van der Waals surface area contributed by atoms with E-state index in [2.05, 4.69) is 26.1 Å². The van der Waals surface area contributed by atoms with Crippen LogP contribution in [0.2, 0.25) is 0 Å². The molecule has 1 aliphatic rings. The van der Waals surface area contributed by atoms with Crippen LogP contribution in [0.3, 0.4) is 0 Å². The highest BCUT2D eigenvalue weighted by Gasteiger charge is 2.27. The molecule has 1 amide bonds. The van der Waals surface area contributed by atoms with Crippen LogP contribution in [0.15, 0.2) is 18.2 Å². The summed E-state index contributed by atoms with van der Waals surface area (Å²) in [5.74, 6) is 0.190. The predicted octanol–water partition coefficient (Wildman–Crippen LogP) is 3.44. The third-order valence-corrected chi connectivity index (χ3v) is 3.95. The zero-order valence-electron chi connectivity index (χ0n) is 12.2. The summed E-state index contributed by atoms with van der Waals surface area (Å²) in [6.45, 7) is 8.10. The topological polar surface area (TPSA) is 32.3 Å². The van der Waals surface area contributed by atoms with Crippen LogP contribution in [-0.2, 0) is 0 Å². The largest absolute Gasteiger partial charge is 0.385 e. The quantitative estimate of drug-likeness (QED) is 0.899. The van der Waals surface area contributed by atoms with E-state index in [1.54, 1.807) is 0 Å². The third kappa shape index (κ3) is 2.91. The Morgan fingerprint density at radius 2 is 2.21 bits per heavy atom. The summed E-state index contributed by atoms with van der Waals surface area (Å²) >= 11 is 0. The van der Waals surface area contributed by atoms with Gasteiger partial charge in [0, 0.05) is 30.4 Å². The molecule has 1 aromatic rings. The van der Waals surface area contributed by atoms with Gasteiger partial charge in [0.25, 0.3) is 5.91 Å². The molecule has 3 nitrogen and oxygen atoms in total. The predicted molar refractivity (Wildman–Crippen MR) is 79.7 cm³/mol. The molecule has 0 radical (unpaired) electrons. The van der Waals surface area contributed by atoms with E-state index in [0.29, 0.717) is 6.04 Å². The number of anilines is 1. The SMILES string of the molecule is CCNc1ccc(C(=O)N2CCCC2CC)cc1C. The molecule has 1 fully saturated rings. The van der Waals surface area contributed by atoms with Crippen LogP contribution in [0.25, 0.3) is 0 Å². The second kappa shape index (κ2) is 6.09. The Morgan fingerprint density at radius 3 is 2.84 bits per heavy atom. The van der Waals surface area contributed by atoms with E-state index in [1.165, 1.54) is 0 Å². The molecule has 0 aliphatic carbocycles. The first-order chi connectivity index (χ1) is 9.17. The van der Waals surface area contributed by atoms with Crippen molar-refractivity contribution in [2.24, 2.45) is 0 Å². The lowest BCUT2D eigenvalue weighted by Gasteiger charge is -2.24. The van der Waals surface area contributed by atoms with Gasteiger partial charge >= 0.3 is 0 Å². The van der Waals surface area contributed by atoms with Crippen LogP contribution >= 0.6 is 0 Å². The lowest BCUT2D eigenvalue weighted by Crippen LogP contribution is -2.35. The molecule has 0 saturated carbocycles. The summed E-state index contributed by atoms with van der Waals surface area (Å²) in [6.07, 6.45) is 3.34. The number of hydrogen-bond donors (Lipinski definition) is 1. The second-order valence-electron chi connectivity index (χ2n) is 5.26. The minimum absolute atomic E-state index is 0.190. The highest BCUT2D eigenvalue weighted by atomic mass is 16.2. The average molecular weight is 260 g/mol. The van der Waals surface area contributed by atoms with Crippen LogP contribution in [0.1, 0.15) is 49.0 Å². The Bertz CT molecular complexity index is 456.